The minimum absolute atomic E-state index is 0.297. The lowest BCUT2D eigenvalue weighted by Crippen LogP contribution is -2.20. The maximum absolute atomic E-state index is 14.7. The molecule has 7 nitrogen and oxygen atoms in total. The number of rotatable bonds is 9. The number of likely N-dealkylation sites (N-methyl/N-ethyl adjacent to an activating group) is 1. The third-order valence-corrected chi connectivity index (χ3v) is 6.40. The predicted octanol–water partition coefficient (Wildman–Crippen LogP) is 6.05. The topological polar surface area (TPSA) is 85.5 Å². The van der Waals surface area contributed by atoms with Crippen molar-refractivity contribution in [2.45, 2.75) is 6.92 Å². The summed E-state index contributed by atoms with van der Waals surface area (Å²) in [5, 5.41) is 12.0. The van der Waals surface area contributed by atoms with Gasteiger partial charge in [-0.2, -0.15) is 5.10 Å². The number of H-pyrrole nitrogens is 2. The second-order valence-corrected chi connectivity index (χ2v) is 9.46. The van der Waals surface area contributed by atoms with E-state index in [1.807, 2.05) is 45.3 Å². The van der Waals surface area contributed by atoms with E-state index in [1.165, 1.54) is 12.4 Å². The van der Waals surface area contributed by atoms with Crippen LogP contribution in [-0.2, 0) is 0 Å². The highest BCUT2D eigenvalue weighted by molar-refractivity contribution is 5.96. The number of aromatic nitrogens is 5. The second kappa shape index (κ2) is 10.8. The van der Waals surface area contributed by atoms with Crippen LogP contribution in [0.25, 0.3) is 39.0 Å². The van der Waals surface area contributed by atoms with Gasteiger partial charge >= 0.3 is 0 Å². The molecule has 0 amide bonds. The van der Waals surface area contributed by atoms with Gasteiger partial charge in [0.25, 0.3) is 0 Å². The van der Waals surface area contributed by atoms with Gasteiger partial charge in [0.15, 0.2) is 0 Å². The van der Waals surface area contributed by atoms with Gasteiger partial charge in [0.05, 0.1) is 11.2 Å². The average molecular weight is 508 g/mol. The zero-order valence-corrected chi connectivity index (χ0v) is 21.7. The third-order valence-electron chi connectivity index (χ3n) is 6.40. The summed E-state index contributed by atoms with van der Waals surface area (Å²) >= 11 is 0. The Morgan fingerprint density at radius 1 is 1.08 bits per heavy atom. The molecule has 0 atom stereocenters. The lowest BCUT2D eigenvalue weighted by molar-refractivity contribution is 0.425. The van der Waals surface area contributed by atoms with Crippen LogP contribution in [0.3, 0.4) is 0 Å². The van der Waals surface area contributed by atoms with Crippen molar-refractivity contribution in [1.82, 2.24) is 30.0 Å². The molecule has 5 rings (SSSR count). The molecule has 0 aliphatic rings. The Balaban J connectivity index is 1.53. The van der Waals surface area contributed by atoms with E-state index in [2.05, 4.69) is 54.1 Å². The Bertz CT molecular complexity index is 1610. The van der Waals surface area contributed by atoms with Crippen LogP contribution in [0.15, 0.2) is 79.9 Å². The van der Waals surface area contributed by atoms with Crippen molar-refractivity contribution in [3.8, 4) is 22.5 Å². The minimum Gasteiger partial charge on any atom is -0.384 e. The molecule has 0 bridgehead atoms. The molecule has 0 saturated carbocycles. The number of fused-ring (bicyclic) bond motifs is 1. The Morgan fingerprint density at radius 2 is 1.89 bits per heavy atom. The highest BCUT2D eigenvalue weighted by Gasteiger charge is 2.17. The smallest absolute Gasteiger partial charge is 0.125 e. The van der Waals surface area contributed by atoms with Crippen molar-refractivity contribution in [3.63, 3.8) is 0 Å². The van der Waals surface area contributed by atoms with Gasteiger partial charge in [0.1, 0.15) is 17.8 Å². The Hall–Kier alpha value is -4.56. The van der Waals surface area contributed by atoms with E-state index in [0.29, 0.717) is 6.54 Å². The van der Waals surface area contributed by atoms with Crippen LogP contribution in [-0.4, -0.2) is 57.2 Å². The minimum atomic E-state index is -0.297. The van der Waals surface area contributed by atoms with Crippen LogP contribution >= 0.6 is 0 Å². The summed E-state index contributed by atoms with van der Waals surface area (Å²) in [5.41, 5.74) is 8.80. The monoisotopic (exact) mass is 507 g/mol. The van der Waals surface area contributed by atoms with Crippen molar-refractivity contribution in [2.24, 2.45) is 0 Å². The summed E-state index contributed by atoms with van der Waals surface area (Å²) in [6.45, 7) is 7.47. The van der Waals surface area contributed by atoms with E-state index in [-0.39, 0.29) is 5.82 Å². The van der Waals surface area contributed by atoms with Gasteiger partial charge in [-0.3, -0.25) is 5.10 Å². The fraction of sp³-hybridized carbons (Fsp3) is 0.167. The summed E-state index contributed by atoms with van der Waals surface area (Å²) in [6.07, 6.45) is 8.74. The number of hydrogen-bond donors (Lipinski definition) is 3. The average Bonchev–Trinajstić information content (AvgIpc) is 3.50. The zero-order chi connectivity index (χ0) is 26.6. The first kappa shape index (κ1) is 25.1. The van der Waals surface area contributed by atoms with E-state index >= 15 is 0 Å². The molecule has 3 N–H and O–H groups in total. The van der Waals surface area contributed by atoms with E-state index in [1.54, 1.807) is 24.5 Å². The third kappa shape index (κ3) is 5.26. The first-order valence-electron chi connectivity index (χ1n) is 12.4. The quantitative estimate of drug-likeness (QED) is 0.211. The molecule has 8 heteroatoms. The van der Waals surface area contributed by atoms with Crippen molar-refractivity contribution >= 4 is 22.2 Å². The number of benzene rings is 2. The molecule has 0 unspecified atom stereocenters. The fourth-order valence-electron chi connectivity index (χ4n) is 4.54. The van der Waals surface area contributed by atoms with Gasteiger partial charge in [-0.15, -0.1) is 0 Å². The van der Waals surface area contributed by atoms with E-state index < -0.39 is 0 Å². The van der Waals surface area contributed by atoms with Gasteiger partial charge < -0.3 is 15.2 Å². The van der Waals surface area contributed by atoms with Gasteiger partial charge in [-0.25, -0.2) is 14.4 Å². The molecule has 192 valence electrons. The van der Waals surface area contributed by atoms with Crippen LogP contribution < -0.4 is 5.32 Å². The van der Waals surface area contributed by atoms with Gasteiger partial charge in [-0.1, -0.05) is 24.8 Å². The first-order chi connectivity index (χ1) is 18.4. The summed E-state index contributed by atoms with van der Waals surface area (Å²) in [6, 6.07) is 13.2. The van der Waals surface area contributed by atoms with Crippen molar-refractivity contribution < 1.29 is 4.39 Å². The second-order valence-electron chi connectivity index (χ2n) is 9.46. The molecule has 0 aliphatic carbocycles. The standard InChI is InChI=1S/C30H30FN7/c1-5-6-25(21-11-23(31)14-24(12-21)34-9-10-38(3)4)26-15-29(35-19(26)2)30-27-13-20(7-8-28(27)36-37-30)22-16-32-18-33-17-22/h5-8,11-18,34-35H,1,9-10H2,2-4H3,(H,36,37)/b25-6-. The lowest BCUT2D eigenvalue weighted by atomic mass is 9.96. The Kier molecular flexibility index (Phi) is 7.15. The molecule has 0 fully saturated rings. The molecule has 38 heavy (non-hydrogen) atoms. The Labute approximate surface area is 221 Å². The number of hydrogen-bond acceptors (Lipinski definition) is 5. The zero-order valence-electron chi connectivity index (χ0n) is 21.7. The van der Waals surface area contributed by atoms with Gasteiger partial charge in [0, 0.05) is 53.4 Å². The van der Waals surface area contributed by atoms with Crippen LogP contribution in [0.1, 0.15) is 16.8 Å². The molecular weight excluding hydrogens is 477 g/mol. The molecule has 0 spiro atoms. The highest BCUT2D eigenvalue weighted by atomic mass is 19.1. The number of anilines is 1. The first-order valence-corrected chi connectivity index (χ1v) is 12.4. The molecule has 0 saturated heterocycles. The molecule has 0 radical (unpaired) electrons. The molecule has 5 aromatic rings. The predicted molar refractivity (Wildman–Crippen MR) is 152 cm³/mol. The van der Waals surface area contributed by atoms with Gasteiger partial charge in [-0.05, 0) is 74.1 Å². The molecule has 0 aliphatic heterocycles. The number of aromatic amines is 2. The normalized spacial score (nSPS) is 11.9. The van der Waals surface area contributed by atoms with E-state index in [4.69, 9.17) is 0 Å². The number of halogens is 1. The van der Waals surface area contributed by atoms with Gasteiger partial charge in [0.2, 0.25) is 0 Å². The number of nitrogens with zero attached hydrogens (tertiary/aromatic N) is 4. The maximum atomic E-state index is 14.7. The van der Waals surface area contributed by atoms with Crippen molar-refractivity contribution in [2.75, 3.05) is 32.5 Å². The number of allylic oxidation sites excluding steroid dienone is 2. The summed E-state index contributed by atoms with van der Waals surface area (Å²) < 4.78 is 14.7. The van der Waals surface area contributed by atoms with Crippen LogP contribution in [0.2, 0.25) is 0 Å². The van der Waals surface area contributed by atoms with Crippen molar-refractivity contribution in [3.05, 3.63) is 103 Å². The molecule has 2 aromatic carbocycles. The van der Waals surface area contributed by atoms with Crippen LogP contribution in [0, 0.1) is 12.7 Å². The van der Waals surface area contributed by atoms with Crippen molar-refractivity contribution in [1.29, 1.82) is 0 Å². The number of nitrogens with one attached hydrogen (secondary N) is 3. The lowest BCUT2D eigenvalue weighted by Gasteiger charge is -2.14. The Morgan fingerprint density at radius 3 is 2.66 bits per heavy atom. The summed E-state index contributed by atoms with van der Waals surface area (Å²) in [5.74, 6) is -0.297. The molecular formula is C30H30FN7. The van der Waals surface area contributed by atoms with E-state index in [0.717, 1.165) is 68.0 Å². The van der Waals surface area contributed by atoms with E-state index in [9.17, 15) is 4.39 Å². The SMILES string of the molecule is C=C/C=C(/c1cc(F)cc(NCCN(C)C)c1)c1cc(-c2n[nH]c3ccc(-c4cncnc4)cc23)[nH]c1C. The summed E-state index contributed by atoms with van der Waals surface area (Å²) in [4.78, 5) is 13.8. The maximum Gasteiger partial charge on any atom is 0.125 e. The molecule has 3 aromatic heterocycles. The largest absolute Gasteiger partial charge is 0.384 e. The van der Waals surface area contributed by atoms with Crippen LogP contribution in [0.5, 0.6) is 0 Å². The molecule has 3 heterocycles. The number of aryl methyl sites for hydroxylation is 1. The van der Waals surface area contributed by atoms with Crippen LogP contribution in [0.4, 0.5) is 10.1 Å². The highest BCUT2D eigenvalue weighted by Crippen LogP contribution is 2.35. The summed E-state index contributed by atoms with van der Waals surface area (Å²) in [7, 11) is 4.02. The fourth-order valence-corrected chi connectivity index (χ4v) is 4.54.